The number of amidine groups is 1. The van der Waals surface area contributed by atoms with Crippen LogP contribution in [0.2, 0.25) is 0 Å². The van der Waals surface area contributed by atoms with E-state index in [1.165, 1.54) is 5.56 Å². The summed E-state index contributed by atoms with van der Waals surface area (Å²) in [6.07, 6.45) is 1.01. The molecule has 0 aliphatic carbocycles. The molecule has 0 spiro atoms. The van der Waals surface area contributed by atoms with E-state index < -0.39 is 0 Å². The first-order valence-corrected chi connectivity index (χ1v) is 7.19. The third-order valence-electron chi connectivity index (χ3n) is 2.95. The van der Waals surface area contributed by atoms with Gasteiger partial charge in [-0.3, -0.25) is 4.99 Å². The van der Waals surface area contributed by atoms with Gasteiger partial charge in [-0.05, 0) is 18.9 Å². The van der Waals surface area contributed by atoms with Crippen LogP contribution in [0.15, 0.2) is 35.3 Å². The number of nitrogens with zero attached hydrogens (tertiary/aromatic N) is 1. The van der Waals surface area contributed by atoms with Crippen molar-refractivity contribution in [3.8, 4) is 0 Å². The van der Waals surface area contributed by atoms with Gasteiger partial charge in [0.1, 0.15) is 0 Å². The van der Waals surface area contributed by atoms with Gasteiger partial charge in [0.25, 0.3) is 0 Å². The Bertz CT molecular complexity index is 394. The normalized spacial score (nSPS) is 20.6. The Morgan fingerprint density at radius 1 is 1.44 bits per heavy atom. The van der Waals surface area contributed by atoms with E-state index >= 15 is 0 Å². The molecule has 2 rings (SSSR count). The Balaban J connectivity index is 1.81. The van der Waals surface area contributed by atoms with Crippen molar-refractivity contribution in [3.05, 3.63) is 35.9 Å². The molecule has 2 atom stereocenters. The number of rotatable bonds is 5. The van der Waals surface area contributed by atoms with Gasteiger partial charge in [-0.15, -0.1) is 0 Å². The Morgan fingerprint density at radius 2 is 2.22 bits per heavy atom. The average Bonchev–Trinajstić information content (AvgIpc) is 2.86. The van der Waals surface area contributed by atoms with Gasteiger partial charge in [0.05, 0.1) is 11.8 Å². The summed E-state index contributed by atoms with van der Waals surface area (Å²) in [5.41, 5.74) is 1.35. The molecule has 1 N–H and O–H groups in total. The average molecular weight is 264 g/mol. The van der Waals surface area contributed by atoms with Crippen molar-refractivity contribution in [3.63, 3.8) is 0 Å². The van der Waals surface area contributed by atoms with Crippen LogP contribution in [0.25, 0.3) is 0 Å². The van der Waals surface area contributed by atoms with E-state index in [1.807, 2.05) is 11.8 Å². The lowest BCUT2D eigenvalue weighted by Crippen LogP contribution is -2.30. The minimum Gasteiger partial charge on any atom is -0.385 e. The van der Waals surface area contributed by atoms with Crippen molar-refractivity contribution < 1.29 is 4.74 Å². The topological polar surface area (TPSA) is 33.6 Å². The molecule has 1 aromatic carbocycles. The molecule has 0 radical (unpaired) electrons. The van der Waals surface area contributed by atoms with E-state index in [-0.39, 0.29) is 0 Å². The first-order valence-electron chi connectivity index (χ1n) is 6.31. The number of thioether (sulfide) groups is 1. The standard InChI is InChI=1S/C14H20N2OS/c1-11(8-9-17-2)16-14-15-10-13(18-14)12-6-4-3-5-7-12/h3-7,11,13H,8-10H2,1-2H3,(H,15,16). The van der Waals surface area contributed by atoms with Gasteiger partial charge in [0, 0.05) is 19.8 Å². The Morgan fingerprint density at radius 3 is 2.94 bits per heavy atom. The highest BCUT2D eigenvalue weighted by Crippen LogP contribution is 2.34. The maximum Gasteiger partial charge on any atom is 0.157 e. The summed E-state index contributed by atoms with van der Waals surface area (Å²) in [5.74, 6) is 0. The van der Waals surface area contributed by atoms with Crippen LogP contribution in [0.4, 0.5) is 0 Å². The van der Waals surface area contributed by atoms with Gasteiger partial charge >= 0.3 is 0 Å². The Labute approximate surface area is 113 Å². The van der Waals surface area contributed by atoms with Crippen LogP contribution < -0.4 is 5.32 Å². The zero-order valence-corrected chi connectivity index (χ0v) is 11.7. The lowest BCUT2D eigenvalue weighted by Gasteiger charge is -2.14. The second-order valence-corrected chi connectivity index (χ2v) is 5.68. The van der Waals surface area contributed by atoms with Gasteiger partial charge in [-0.2, -0.15) is 0 Å². The number of aliphatic imine (C=N–C) groups is 1. The van der Waals surface area contributed by atoms with E-state index in [9.17, 15) is 0 Å². The molecule has 0 saturated heterocycles. The Kier molecular flexibility index (Phi) is 5.08. The molecule has 0 saturated carbocycles. The van der Waals surface area contributed by atoms with Crippen LogP contribution in [0.1, 0.15) is 24.2 Å². The minimum atomic E-state index is 0.408. The fourth-order valence-corrected chi connectivity index (χ4v) is 3.00. The van der Waals surface area contributed by atoms with E-state index in [1.54, 1.807) is 7.11 Å². The molecule has 0 fully saturated rings. The third-order valence-corrected chi connectivity index (χ3v) is 4.13. The van der Waals surface area contributed by atoms with E-state index in [2.05, 4.69) is 47.6 Å². The fraction of sp³-hybridized carbons (Fsp3) is 0.500. The molecule has 0 bridgehead atoms. The fourth-order valence-electron chi connectivity index (χ4n) is 1.87. The molecule has 2 unspecified atom stereocenters. The van der Waals surface area contributed by atoms with Crippen LogP contribution >= 0.6 is 11.8 Å². The van der Waals surface area contributed by atoms with E-state index in [0.29, 0.717) is 11.3 Å². The maximum absolute atomic E-state index is 5.08. The number of hydrogen-bond donors (Lipinski definition) is 1. The lowest BCUT2D eigenvalue weighted by molar-refractivity contribution is 0.187. The lowest BCUT2D eigenvalue weighted by atomic mass is 10.1. The number of benzene rings is 1. The summed E-state index contributed by atoms with van der Waals surface area (Å²) >= 11 is 1.82. The van der Waals surface area contributed by atoms with Crippen molar-refractivity contribution in [2.75, 3.05) is 20.3 Å². The molecule has 4 heteroatoms. The number of nitrogens with one attached hydrogen (secondary N) is 1. The number of ether oxygens (including phenoxy) is 1. The first-order chi connectivity index (χ1) is 8.79. The van der Waals surface area contributed by atoms with Crippen molar-refractivity contribution in [1.82, 2.24) is 5.32 Å². The van der Waals surface area contributed by atoms with Crippen LogP contribution in [0.5, 0.6) is 0 Å². The highest BCUT2D eigenvalue weighted by molar-refractivity contribution is 8.14. The maximum atomic E-state index is 5.08. The molecule has 1 aliphatic rings. The summed E-state index contributed by atoms with van der Waals surface area (Å²) in [6, 6.07) is 11.0. The van der Waals surface area contributed by atoms with E-state index in [4.69, 9.17) is 4.74 Å². The molecular weight excluding hydrogens is 244 g/mol. The highest BCUT2D eigenvalue weighted by atomic mass is 32.2. The summed E-state index contributed by atoms with van der Waals surface area (Å²) < 4.78 is 5.08. The van der Waals surface area contributed by atoms with Crippen molar-refractivity contribution in [1.29, 1.82) is 0 Å². The second kappa shape index (κ2) is 6.81. The largest absolute Gasteiger partial charge is 0.385 e. The molecule has 0 amide bonds. The predicted octanol–water partition coefficient (Wildman–Crippen LogP) is 2.85. The SMILES string of the molecule is COCCC(C)NC1=NCC(c2ccccc2)S1. The van der Waals surface area contributed by atoms with Crippen molar-refractivity contribution in [2.24, 2.45) is 4.99 Å². The zero-order valence-electron chi connectivity index (χ0n) is 10.9. The molecule has 1 aliphatic heterocycles. The van der Waals surface area contributed by atoms with Crippen LogP contribution in [0.3, 0.4) is 0 Å². The van der Waals surface area contributed by atoms with Gasteiger partial charge in [-0.1, -0.05) is 42.1 Å². The summed E-state index contributed by atoms with van der Waals surface area (Å²) in [6.45, 7) is 3.82. The molecule has 1 heterocycles. The monoisotopic (exact) mass is 264 g/mol. The van der Waals surface area contributed by atoms with Crippen LogP contribution in [0, 0.1) is 0 Å². The van der Waals surface area contributed by atoms with Crippen molar-refractivity contribution in [2.45, 2.75) is 24.6 Å². The third kappa shape index (κ3) is 3.75. The molecule has 98 valence electrons. The second-order valence-electron chi connectivity index (χ2n) is 4.49. The van der Waals surface area contributed by atoms with Gasteiger partial charge < -0.3 is 10.1 Å². The smallest absolute Gasteiger partial charge is 0.157 e. The zero-order chi connectivity index (χ0) is 12.8. The predicted molar refractivity (Wildman–Crippen MR) is 78.2 cm³/mol. The quantitative estimate of drug-likeness (QED) is 0.888. The van der Waals surface area contributed by atoms with Crippen LogP contribution in [-0.4, -0.2) is 31.5 Å². The van der Waals surface area contributed by atoms with Gasteiger partial charge in [0.2, 0.25) is 0 Å². The van der Waals surface area contributed by atoms with Crippen molar-refractivity contribution >= 4 is 16.9 Å². The molecule has 18 heavy (non-hydrogen) atoms. The Hall–Kier alpha value is -1.00. The summed E-state index contributed by atoms with van der Waals surface area (Å²) in [4.78, 5) is 4.57. The molecule has 1 aromatic rings. The van der Waals surface area contributed by atoms with Crippen LogP contribution in [-0.2, 0) is 4.74 Å². The highest BCUT2D eigenvalue weighted by Gasteiger charge is 2.21. The first kappa shape index (κ1) is 13.4. The minimum absolute atomic E-state index is 0.408. The van der Waals surface area contributed by atoms with Gasteiger partial charge in [-0.25, -0.2) is 0 Å². The molecule has 0 aromatic heterocycles. The number of hydrogen-bond acceptors (Lipinski definition) is 4. The van der Waals surface area contributed by atoms with Gasteiger partial charge in [0.15, 0.2) is 5.17 Å². The molecular formula is C14H20N2OS. The molecule has 3 nitrogen and oxygen atoms in total. The summed E-state index contributed by atoms with van der Waals surface area (Å²) in [7, 11) is 1.74. The summed E-state index contributed by atoms with van der Waals surface area (Å²) in [5, 5.41) is 4.97. The van der Waals surface area contributed by atoms with E-state index in [0.717, 1.165) is 24.7 Å². The number of methoxy groups -OCH3 is 1.